The van der Waals surface area contributed by atoms with Crippen molar-refractivity contribution in [2.75, 3.05) is 0 Å². The van der Waals surface area contributed by atoms with Crippen LogP contribution in [0.5, 0.6) is 0 Å². The standard InChI is InChI=1S/C14H8ClNO/c15-13-9-5-1-2-6-10(9)14(17)12(13)11-7-3-4-8-16-11/h1-8H. The van der Waals surface area contributed by atoms with Gasteiger partial charge in [0.05, 0.1) is 16.3 Å². The zero-order valence-electron chi connectivity index (χ0n) is 8.85. The molecule has 0 fully saturated rings. The molecule has 0 saturated carbocycles. The van der Waals surface area contributed by atoms with E-state index in [1.165, 1.54) is 0 Å². The van der Waals surface area contributed by atoms with E-state index in [9.17, 15) is 4.79 Å². The van der Waals surface area contributed by atoms with E-state index < -0.39 is 0 Å². The number of allylic oxidation sites excluding steroid dienone is 1. The molecule has 0 atom stereocenters. The predicted octanol–water partition coefficient (Wildman–Crippen LogP) is 3.39. The number of pyridine rings is 1. The van der Waals surface area contributed by atoms with E-state index in [-0.39, 0.29) is 5.78 Å². The highest BCUT2D eigenvalue weighted by Gasteiger charge is 2.29. The number of rotatable bonds is 1. The van der Waals surface area contributed by atoms with Crippen molar-refractivity contribution in [2.24, 2.45) is 0 Å². The van der Waals surface area contributed by atoms with Crippen LogP contribution in [0.15, 0.2) is 48.7 Å². The molecule has 2 nitrogen and oxygen atoms in total. The number of nitrogens with zero attached hydrogens (tertiary/aromatic N) is 1. The summed E-state index contributed by atoms with van der Waals surface area (Å²) >= 11 is 6.26. The van der Waals surface area contributed by atoms with Crippen molar-refractivity contribution in [1.29, 1.82) is 0 Å². The van der Waals surface area contributed by atoms with Crippen molar-refractivity contribution in [2.45, 2.75) is 0 Å². The van der Waals surface area contributed by atoms with Crippen LogP contribution < -0.4 is 0 Å². The first-order valence-electron chi connectivity index (χ1n) is 5.24. The monoisotopic (exact) mass is 241 g/mol. The van der Waals surface area contributed by atoms with Gasteiger partial charge < -0.3 is 0 Å². The fourth-order valence-corrected chi connectivity index (χ4v) is 2.33. The molecule has 1 aliphatic carbocycles. The maximum absolute atomic E-state index is 12.2. The number of fused-ring (bicyclic) bond motifs is 1. The van der Waals surface area contributed by atoms with Gasteiger partial charge in [-0.25, -0.2) is 0 Å². The summed E-state index contributed by atoms with van der Waals surface area (Å²) in [7, 11) is 0. The lowest BCUT2D eigenvalue weighted by atomic mass is 10.1. The summed E-state index contributed by atoms with van der Waals surface area (Å²) in [5, 5.41) is 0.490. The van der Waals surface area contributed by atoms with Crippen LogP contribution in [0.1, 0.15) is 21.6 Å². The van der Waals surface area contributed by atoms with Crippen LogP contribution in [0, 0.1) is 0 Å². The minimum absolute atomic E-state index is 0.0516. The molecule has 0 radical (unpaired) electrons. The van der Waals surface area contributed by atoms with Crippen molar-refractivity contribution in [3.05, 3.63) is 65.5 Å². The second kappa shape index (κ2) is 3.82. The lowest BCUT2D eigenvalue weighted by Crippen LogP contribution is -1.99. The summed E-state index contributed by atoms with van der Waals surface area (Å²) < 4.78 is 0. The zero-order valence-corrected chi connectivity index (χ0v) is 9.61. The summed E-state index contributed by atoms with van der Waals surface area (Å²) in [6.07, 6.45) is 1.66. The molecule has 0 amide bonds. The highest BCUT2D eigenvalue weighted by molar-refractivity contribution is 6.62. The van der Waals surface area contributed by atoms with Gasteiger partial charge in [-0.15, -0.1) is 0 Å². The molecule has 1 aromatic heterocycles. The molecule has 0 N–H and O–H groups in total. The van der Waals surface area contributed by atoms with Gasteiger partial charge in [-0.2, -0.15) is 0 Å². The summed E-state index contributed by atoms with van der Waals surface area (Å²) in [4.78, 5) is 16.4. The Labute approximate surface area is 104 Å². The lowest BCUT2D eigenvalue weighted by Gasteiger charge is -1.99. The van der Waals surface area contributed by atoms with Crippen molar-refractivity contribution < 1.29 is 4.79 Å². The molecular formula is C14H8ClNO. The summed E-state index contributed by atoms with van der Waals surface area (Å²) in [5.41, 5.74) is 2.56. The smallest absolute Gasteiger partial charge is 0.197 e. The van der Waals surface area contributed by atoms with E-state index in [1.54, 1.807) is 18.3 Å². The number of carbonyl (C=O) groups is 1. The van der Waals surface area contributed by atoms with Crippen molar-refractivity contribution in [3.8, 4) is 0 Å². The SMILES string of the molecule is O=C1C(c2ccccn2)=C(Cl)c2ccccc21. The minimum atomic E-state index is -0.0516. The van der Waals surface area contributed by atoms with Crippen molar-refractivity contribution in [3.63, 3.8) is 0 Å². The van der Waals surface area contributed by atoms with Crippen LogP contribution in [-0.2, 0) is 0 Å². The molecule has 1 heterocycles. The summed E-state index contributed by atoms with van der Waals surface area (Å²) in [6.45, 7) is 0. The third kappa shape index (κ3) is 1.49. The lowest BCUT2D eigenvalue weighted by molar-refractivity contribution is 0.105. The van der Waals surface area contributed by atoms with Gasteiger partial charge in [0.15, 0.2) is 5.78 Å². The average molecular weight is 242 g/mol. The number of hydrogen-bond donors (Lipinski definition) is 0. The molecule has 3 heteroatoms. The first kappa shape index (κ1) is 10.2. The molecule has 2 aromatic rings. The third-order valence-electron chi connectivity index (χ3n) is 2.78. The van der Waals surface area contributed by atoms with E-state index in [0.717, 1.165) is 5.56 Å². The number of Topliss-reactive ketones (excluding diaryl/α,β-unsaturated/α-hetero) is 1. The summed E-state index contributed by atoms with van der Waals surface area (Å²) in [6, 6.07) is 12.8. The first-order valence-corrected chi connectivity index (χ1v) is 5.62. The van der Waals surface area contributed by atoms with E-state index in [0.29, 0.717) is 21.9 Å². The predicted molar refractivity (Wildman–Crippen MR) is 67.7 cm³/mol. The molecule has 1 aliphatic rings. The molecule has 0 bridgehead atoms. The molecule has 3 rings (SSSR count). The van der Waals surface area contributed by atoms with E-state index in [1.807, 2.05) is 30.3 Å². The van der Waals surface area contributed by atoms with Crippen LogP contribution in [0.25, 0.3) is 10.6 Å². The van der Waals surface area contributed by atoms with Crippen LogP contribution in [0.4, 0.5) is 0 Å². The Morgan fingerprint density at radius 1 is 0.941 bits per heavy atom. The fraction of sp³-hybridized carbons (Fsp3) is 0. The highest BCUT2D eigenvalue weighted by Crippen LogP contribution is 2.39. The van der Waals surface area contributed by atoms with Crippen LogP contribution in [-0.4, -0.2) is 10.8 Å². The van der Waals surface area contributed by atoms with Crippen molar-refractivity contribution >= 4 is 28.0 Å². The van der Waals surface area contributed by atoms with Gasteiger partial charge in [-0.1, -0.05) is 41.9 Å². The van der Waals surface area contributed by atoms with E-state index >= 15 is 0 Å². The topological polar surface area (TPSA) is 30.0 Å². The Hall–Kier alpha value is -1.93. The van der Waals surface area contributed by atoms with Gasteiger partial charge in [-0.05, 0) is 12.1 Å². The quantitative estimate of drug-likeness (QED) is 0.766. The Morgan fingerprint density at radius 3 is 2.29 bits per heavy atom. The maximum Gasteiger partial charge on any atom is 0.197 e. The van der Waals surface area contributed by atoms with Gasteiger partial charge in [0, 0.05) is 17.3 Å². The number of ketones is 1. The molecule has 0 saturated heterocycles. The molecular weight excluding hydrogens is 234 g/mol. The Balaban J connectivity index is 2.22. The molecule has 82 valence electrons. The normalized spacial score (nSPS) is 14.1. The average Bonchev–Trinajstić information content (AvgIpc) is 2.64. The minimum Gasteiger partial charge on any atom is -0.288 e. The Bertz CT molecular complexity index is 632. The molecule has 0 aliphatic heterocycles. The third-order valence-corrected chi connectivity index (χ3v) is 3.17. The number of aromatic nitrogens is 1. The van der Waals surface area contributed by atoms with Gasteiger partial charge >= 0.3 is 0 Å². The van der Waals surface area contributed by atoms with Crippen LogP contribution in [0.2, 0.25) is 0 Å². The Morgan fingerprint density at radius 2 is 1.65 bits per heavy atom. The van der Waals surface area contributed by atoms with Crippen LogP contribution in [0.3, 0.4) is 0 Å². The van der Waals surface area contributed by atoms with Crippen LogP contribution >= 0.6 is 11.6 Å². The van der Waals surface area contributed by atoms with Gasteiger partial charge in [-0.3, -0.25) is 9.78 Å². The van der Waals surface area contributed by atoms with Gasteiger partial charge in [0.1, 0.15) is 0 Å². The number of hydrogen-bond acceptors (Lipinski definition) is 2. The zero-order chi connectivity index (χ0) is 11.8. The van der Waals surface area contributed by atoms with Gasteiger partial charge in [0.25, 0.3) is 0 Å². The van der Waals surface area contributed by atoms with Crippen molar-refractivity contribution in [1.82, 2.24) is 4.98 Å². The number of carbonyl (C=O) groups excluding carboxylic acids is 1. The molecule has 0 spiro atoms. The number of benzene rings is 1. The first-order chi connectivity index (χ1) is 8.29. The fourth-order valence-electron chi connectivity index (χ4n) is 1.98. The summed E-state index contributed by atoms with van der Waals surface area (Å²) in [5.74, 6) is -0.0516. The maximum atomic E-state index is 12.2. The highest BCUT2D eigenvalue weighted by atomic mass is 35.5. The second-order valence-electron chi connectivity index (χ2n) is 3.78. The Kier molecular flexibility index (Phi) is 2.30. The molecule has 1 aromatic carbocycles. The second-order valence-corrected chi connectivity index (χ2v) is 4.16. The molecule has 0 unspecified atom stereocenters. The van der Waals surface area contributed by atoms with E-state index in [2.05, 4.69) is 4.98 Å². The van der Waals surface area contributed by atoms with Gasteiger partial charge in [0.2, 0.25) is 0 Å². The number of halogens is 1. The largest absolute Gasteiger partial charge is 0.288 e. The molecule has 17 heavy (non-hydrogen) atoms. The van der Waals surface area contributed by atoms with E-state index in [4.69, 9.17) is 11.6 Å².